The van der Waals surface area contributed by atoms with Crippen molar-refractivity contribution in [3.8, 4) is 17.9 Å². The first-order valence-electron chi connectivity index (χ1n) is 8.33. The summed E-state index contributed by atoms with van der Waals surface area (Å²) in [6.07, 6.45) is 2.02. The van der Waals surface area contributed by atoms with Crippen LogP contribution in [-0.4, -0.2) is 6.61 Å². The Hall–Kier alpha value is -3.57. The number of hydrogen-bond donors (Lipinski definition) is 1. The van der Waals surface area contributed by atoms with Gasteiger partial charge in [-0.2, -0.15) is 10.5 Å². The van der Waals surface area contributed by atoms with Crippen molar-refractivity contribution in [2.45, 2.75) is 20.8 Å². The van der Waals surface area contributed by atoms with Crippen LogP contribution in [0.5, 0.6) is 5.75 Å². The number of H-pyrrole nitrogens is 1. The van der Waals surface area contributed by atoms with Gasteiger partial charge in [0, 0.05) is 5.56 Å². The van der Waals surface area contributed by atoms with E-state index in [-0.39, 0.29) is 5.82 Å². The zero-order valence-corrected chi connectivity index (χ0v) is 15.0. The van der Waals surface area contributed by atoms with E-state index in [0.29, 0.717) is 23.4 Å². The minimum absolute atomic E-state index is 0.284. The lowest BCUT2D eigenvalue weighted by molar-refractivity contribution is -0.364. The first-order valence-corrected chi connectivity index (χ1v) is 8.33. The Kier molecular flexibility index (Phi) is 4.47. The average Bonchev–Trinajstić information content (AvgIpc) is 2.88. The number of nitrogens with two attached hydrogens (primary N) is 1. The van der Waals surface area contributed by atoms with Gasteiger partial charge in [0.25, 0.3) is 5.82 Å². The van der Waals surface area contributed by atoms with Gasteiger partial charge >= 0.3 is 0 Å². The maximum Gasteiger partial charge on any atom is 0.289 e. The molecule has 0 unspecified atom stereocenters. The van der Waals surface area contributed by atoms with Gasteiger partial charge in [-0.1, -0.05) is 12.1 Å². The normalized spacial score (nSPS) is 14.1. The second-order valence-electron chi connectivity index (χ2n) is 6.07. The Bertz CT molecular complexity index is 1030. The maximum atomic E-state index is 9.59. The van der Waals surface area contributed by atoms with Gasteiger partial charge in [-0.25, -0.2) is 4.98 Å². The minimum atomic E-state index is 0.284. The molecule has 0 radical (unpaired) electrons. The first kappa shape index (κ1) is 17.3. The van der Waals surface area contributed by atoms with E-state index in [2.05, 4.69) is 17.1 Å². The fourth-order valence-corrected chi connectivity index (χ4v) is 3.27. The number of allylic oxidation sites excluding steroid dienone is 3. The summed E-state index contributed by atoms with van der Waals surface area (Å²) in [6, 6.07) is 12.2. The van der Waals surface area contributed by atoms with Crippen molar-refractivity contribution in [1.82, 2.24) is 0 Å². The van der Waals surface area contributed by atoms with Crippen molar-refractivity contribution < 1.29 is 9.72 Å². The summed E-state index contributed by atoms with van der Waals surface area (Å²) in [4.78, 5) is 3.04. The summed E-state index contributed by atoms with van der Waals surface area (Å²) < 4.78 is 5.48. The number of pyridine rings is 1. The van der Waals surface area contributed by atoms with E-state index in [1.165, 1.54) is 0 Å². The van der Waals surface area contributed by atoms with Crippen LogP contribution in [0.15, 0.2) is 29.8 Å². The number of rotatable bonds is 3. The predicted molar refractivity (Wildman–Crippen MR) is 101 cm³/mol. The quantitative estimate of drug-likeness (QED) is 0.922. The van der Waals surface area contributed by atoms with Gasteiger partial charge in [0.05, 0.1) is 6.61 Å². The molecule has 0 amide bonds. The fourth-order valence-electron chi connectivity index (χ4n) is 3.27. The summed E-state index contributed by atoms with van der Waals surface area (Å²) >= 11 is 0. The zero-order valence-electron chi connectivity index (χ0n) is 15.0. The molecule has 3 N–H and O–H groups in total. The molecule has 5 nitrogen and oxygen atoms in total. The number of hydrogen-bond acceptors (Lipinski definition) is 4. The molecule has 26 heavy (non-hydrogen) atoms. The number of aromatic nitrogens is 1. The SMILES string of the molecule is CCOc1ccc(C=C2C(C)=C(C#N)c3[nH+]c(N)c(C#N)c(C)c32)cc1. The molecule has 0 bridgehead atoms. The molecule has 1 aliphatic carbocycles. The highest BCUT2D eigenvalue weighted by molar-refractivity contribution is 6.07. The van der Waals surface area contributed by atoms with Gasteiger partial charge in [0.2, 0.25) is 0 Å². The molecule has 0 saturated heterocycles. The number of nitrogens with zero attached hydrogens (tertiary/aromatic N) is 2. The lowest BCUT2D eigenvalue weighted by atomic mass is 9.95. The number of nitrogen functional groups attached to an aromatic ring is 1. The van der Waals surface area contributed by atoms with Crippen molar-refractivity contribution in [3.05, 3.63) is 57.8 Å². The number of fused-ring (bicyclic) bond motifs is 1. The van der Waals surface area contributed by atoms with E-state index in [0.717, 1.165) is 33.6 Å². The van der Waals surface area contributed by atoms with Crippen LogP contribution >= 0.6 is 0 Å². The van der Waals surface area contributed by atoms with Crippen LogP contribution in [-0.2, 0) is 0 Å². The van der Waals surface area contributed by atoms with Gasteiger partial charge in [-0.15, -0.1) is 0 Å². The fraction of sp³-hybridized carbons (Fsp3) is 0.190. The van der Waals surface area contributed by atoms with Gasteiger partial charge in [0.1, 0.15) is 29.0 Å². The molecule has 0 fully saturated rings. The summed E-state index contributed by atoms with van der Waals surface area (Å²) in [6.45, 7) is 6.34. The highest BCUT2D eigenvalue weighted by atomic mass is 16.5. The van der Waals surface area contributed by atoms with Gasteiger partial charge in [0.15, 0.2) is 5.69 Å². The number of benzene rings is 1. The number of aromatic amines is 1. The Morgan fingerprint density at radius 3 is 2.42 bits per heavy atom. The van der Waals surface area contributed by atoms with Crippen LogP contribution in [0.25, 0.3) is 17.2 Å². The Morgan fingerprint density at radius 1 is 1.15 bits per heavy atom. The van der Waals surface area contributed by atoms with Gasteiger partial charge in [-0.3, -0.25) is 5.73 Å². The smallest absolute Gasteiger partial charge is 0.289 e. The van der Waals surface area contributed by atoms with E-state index in [9.17, 15) is 10.5 Å². The second kappa shape index (κ2) is 6.74. The van der Waals surface area contributed by atoms with E-state index < -0.39 is 0 Å². The third-order valence-corrected chi connectivity index (χ3v) is 4.55. The highest BCUT2D eigenvalue weighted by Crippen LogP contribution is 2.42. The average molecular weight is 343 g/mol. The zero-order chi connectivity index (χ0) is 18.8. The lowest BCUT2D eigenvalue weighted by Gasteiger charge is -2.09. The molecule has 1 aromatic carbocycles. The number of nitrogens with one attached hydrogen (secondary N) is 1. The topological polar surface area (TPSA) is 97.0 Å². The molecule has 0 spiro atoms. The molecule has 2 aromatic rings. The molecule has 1 heterocycles. The summed E-state index contributed by atoms with van der Waals surface area (Å²) in [7, 11) is 0. The summed E-state index contributed by atoms with van der Waals surface area (Å²) in [5.74, 6) is 1.10. The van der Waals surface area contributed by atoms with E-state index in [4.69, 9.17) is 10.5 Å². The third-order valence-electron chi connectivity index (χ3n) is 4.55. The molecule has 5 heteroatoms. The molecule has 1 aromatic heterocycles. The van der Waals surface area contributed by atoms with E-state index >= 15 is 0 Å². The molecular formula is C21H19N4O+. The summed E-state index contributed by atoms with van der Waals surface area (Å²) in [5, 5.41) is 19.0. The Balaban J connectivity index is 2.19. The predicted octanol–water partition coefficient (Wildman–Crippen LogP) is 3.51. The van der Waals surface area contributed by atoms with Crippen LogP contribution < -0.4 is 15.5 Å². The Morgan fingerprint density at radius 2 is 1.85 bits per heavy atom. The van der Waals surface area contributed by atoms with Gasteiger partial charge in [-0.05, 0) is 61.3 Å². The first-order chi connectivity index (χ1) is 12.5. The van der Waals surface area contributed by atoms with Crippen LogP contribution in [0.4, 0.5) is 5.82 Å². The van der Waals surface area contributed by atoms with Crippen molar-refractivity contribution in [3.63, 3.8) is 0 Å². The second-order valence-corrected chi connectivity index (χ2v) is 6.07. The highest BCUT2D eigenvalue weighted by Gasteiger charge is 2.32. The number of ether oxygens (including phenoxy) is 1. The Labute approximate surface area is 152 Å². The standard InChI is InChI=1S/C21H18N4O/c1-4-26-15-7-5-14(6-8-15)9-16-12(2)17(10-22)20-19(16)13(3)18(11-23)21(24)25-20/h5-9H,4H2,1-3H3,(H2,24,25)/p+1. The molecule has 128 valence electrons. The molecule has 0 atom stereocenters. The van der Waals surface area contributed by atoms with E-state index in [1.54, 1.807) is 0 Å². The number of anilines is 1. The molecule has 0 aliphatic heterocycles. The molecular weight excluding hydrogens is 324 g/mol. The summed E-state index contributed by atoms with van der Waals surface area (Å²) in [5.41, 5.74) is 12.0. The van der Waals surface area contributed by atoms with Crippen molar-refractivity contribution in [2.24, 2.45) is 0 Å². The lowest BCUT2D eigenvalue weighted by Crippen LogP contribution is -2.20. The monoisotopic (exact) mass is 343 g/mol. The van der Waals surface area contributed by atoms with Crippen molar-refractivity contribution >= 4 is 23.0 Å². The molecule has 1 aliphatic rings. The molecule has 0 saturated carbocycles. The largest absolute Gasteiger partial charge is 0.494 e. The minimum Gasteiger partial charge on any atom is -0.494 e. The van der Waals surface area contributed by atoms with Crippen molar-refractivity contribution in [2.75, 3.05) is 12.3 Å². The van der Waals surface area contributed by atoms with Crippen LogP contribution in [0, 0.1) is 29.6 Å². The van der Waals surface area contributed by atoms with Crippen LogP contribution in [0.1, 0.15) is 41.8 Å². The molecule has 3 rings (SSSR count). The van der Waals surface area contributed by atoms with Crippen LogP contribution in [0.2, 0.25) is 0 Å². The van der Waals surface area contributed by atoms with E-state index in [1.807, 2.05) is 51.1 Å². The maximum absolute atomic E-state index is 9.59. The third kappa shape index (κ3) is 2.70. The number of nitriles is 2. The van der Waals surface area contributed by atoms with Crippen molar-refractivity contribution in [1.29, 1.82) is 10.5 Å². The van der Waals surface area contributed by atoms with Crippen LogP contribution in [0.3, 0.4) is 0 Å². The van der Waals surface area contributed by atoms with Gasteiger partial charge < -0.3 is 4.74 Å².